The molecule has 6 nitrogen and oxygen atoms in total. The first kappa shape index (κ1) is 16.9. The molecule has 0 saturated heterocycles. The minimum atomic E-state index is -0.622. The maximum atomic E-state index is 12.1. The first-order valence-electron chi connectivity index (χ1n) is 7.25. The van der Waals surface area contributed by atoms with Crippen molar-refractivity contribution < 1.29 is 14.8 Å². The summed E-state index contributed by atoms with van der Waals surface area (Å²) in [5.41, 5.74) is -0.405. The van der Waals surface area contributed by atoms with Gasteiger partial charge < -0.3 is 10.4 Å². The maximum absolute atomic E-state index is 12.1. The lowest BCUT2D eigenvalue weighted by molar-refractivity contribution is -0.385. The molecule has 0 heterocycles. The fourth-order valence-electron chi connectivity index (χ4n) is 2.14. The van der Waals surface area contributed by atoms with E-state index in [9.17, 15) is 20.0 Å². The average Bonchev–Trinajstić information content (AvgIpc) is 2.46. The third-order valence-electron chi connectivity index (χ3n) is 3.52. The lowest BCUT2D eigenvalue weighted by Gasteiger charge is -2.15. The Morgan fingerprint density at radius 2 is 2.14 bits per heavy atom. The summed E-state index contributed by atoms with van der Waals surface area (Å²) in [7, 11) is 0. The highest BCUT2D eigenvalue weighted by atomic mass is 16.6. The number of nitrogens with one attached hydrogen (secondary N) is 1. The van der Waals surface area contributed by atoms with Crippen molar-refractivity contribution in [1.29, 1.82) is 0 Å². The van der Waals surface area contributed by atoms with Crippen LogP contribution in [0.1, 0.15) is 49.9 Å². The molecule has 0 aliphatic carbocycles. The summed E-state index contributed by atoms with van der Waals surface area (Å²) in [5, 5.41) is 23.0. The summed E-state index contributed by atoms with van der Waals surface area (Å²) in [4.78, 5) is 22.4. The van der Waals surface area contributed by atoms with Gasteiger partial charge in [0.15, 0.2) is 0 Å². The summed E-state index contributed by atoms with van der Waals surface area (Å²) in [5.74, 6) is -0.318. The topological polar surface area (TPSA) is 92.5 Å². The van der Waals surface area contributed by atoms with E-state index in [0.29, 0.717) is 12.5 Å². The normalized spacial score (nSPS) is 11.9. The molecule has 0 spiro atoms. The van der Waals surface area contributed by atoms with Crippen LogP contribution in [0.3, 0.4) is 0 Å². The third kappa shape index (κ3) is 5.06. The highest BCUT2D eigenvalue weighted by molar-refractivity contribution is 5.98. The Morgan fingerprint density at radius 1 is 1.43 bits per heavy atom. The second-order valence-electron chi connectivity index (χ2n) is 5.09. The highest BCUT2D eigenvalue weighted by Gasteiger charge is 2.21. The van der Waals surface area contributed by atoms with Crippen molar-refractivity contribution in [3.8, 4) is 5.75 Å². The van der Waals surface area contributed by atoms with Crippen molar-refractivity contribution in [2.75, 3.05) is 6.54 Å². The van der Waals surface area contributed by atoms with E-state index in [1.807, 2.05) is 0 Å². The molecule has 1 aromatic rings. The Balaban J connectivity index is 2.75. The Hall–Kier alpha value is -2.11. The SMILES string of the molecule is CCCCC(CC)CNC(=O)c1cc(O)ccc1[N+](=O)[O-]. The zero-order valence-corrected chi connectivity index (χ0v) is 12.5. The van der Waals surface area contributed by atoms with Crippen LogP contribution in [0, 0.1) is 16.0 Å². The van der Waals surface area contributed by atoms with Gasteiger partial charge >= 0.3 is 0 Å². The Labute approximate surface area is 124 Å². The van der Waals surface area contributed by atoms with Gasteiger partial charge in [-0.25, -0.2) is 0 Å². The molecule has 2 N–H and O–H groups in total. The van der Waals surface area contributed by atoms with Gasteiger partial charge in [-0.3, -0.25) is 14.9 Å². The molecule has 6 heteroatoms. The molecule has 1 atom stereocenters. The van der Waals surface area contributed by atoms with Gasteiger partial charge in [-0.05, 0) is 24.5 Å². The number of phenols is 1. The van der Waals surface area contributed by atoms with E-state index in [0.717, 1.165) is 37.8 Å². The molecule has 21 heavy (non-hydrogen) atoms. The van der Waals surface area contributed by atoms with E-state index < -0.39 is 10.8 Å². The van der Waals surface area contributed by atoms with Gasteiger partial charge in [0.05, 0.1) is 4.92 Å². The molecule has 1 unspecified atom stereocenters. The van der Waals surface area contributed by atoms with Gasteiger partial charge in [-0.1, -0.05) is 33.1 Å². The number of unbranched alkanes of at least 4 members (excludes halogenated alkanes) is 1. The van der Waals surface area contributed by atoms with E-state index in [1.165, 1.54) is 6.07 Å². The van der Waals surface area contributed by atoms with Crippen LogP contribution in [0.25, 0.3) is 0 Å². The lowest BCUT2D eigenvalue weighted by Crippen LogP contribution is -2.29. The predicted octanol–water partition coefficient (Wildman–Crippen LogP) is 3.25. The Morgan fingerprint density at radius 3 is 2.71 bits per heavy atom. The van der Waals surface area contributed by atoms with Crippen molar-refractivity contribution in [2.24, 2.45) is 5.92 Å². The Bertz CT molecular complexity index is 502. The Kier molecular flexibility index (Phi) is 6.65. The summed E-state index contributed by atoms with van der Waals surface area (Å²) < 4.78 is 0. The lowest BCUT2D eigenvalue weighted by atomic mass is 9.99. The van der Waals surface area contributed by atoms with Gasteiger partial charge in [0, 0.05) is 12.6 Å². The monoisotopic (exact) mass is 294 g/mol. The number of amides is 1. The number of rotatable bonds is 8. The van der Waals surface area contributed by atoms with Crippen LogP contribution in [0.5, 0.6) is 5.75 Å². The molecule has 1 rings (SSSR count). The van der Waals surface area contributed by atoms with Gasteiger partial charge in [0.25, 0.3) is 11.6 Å². The van der Waals surface area contributed by atoms with Crippen molar-refractivity contribution >= 4 is 11.6 Å². The van der Waals surface area contributed by atoms with E-state index in [-0.39, 0.29) is 17.0 Å². The number of hydrogen-bond acceptors (Lipinski definition) is 4. The number of aromatic hydroxyl groups is 1. The number of carbonyl (C=O) groups is 1. The number of phenolic OH excluding ortho intramolecular Hbond substituents is 1. The molecular formula is C15H22N2O4. The zero-order chi connectivity index (χ0) is 15.8. The van der Waals surface area contributed by atoms with E-state index in [4.69, 9.17) is 0 Å². The first-order valence-corrected chi connectivity index (χ1v) is 7.25. The molecule has 1 aromatic carbocycles. The second kappa shape index (κ2) is 8.24. The van der Waals surface area contributed by atoms with Crippen LogP contribution in [-0.2, 0) is 0 Å². The van der Waals surface area contributed by atoms with Gasteiger partial charge in [0.2, 0.25) is 0 Å². The van der Waals surface area contributed by atoms with Crippen molar-refractivity contribution in [1.82, 2.24) is 5.32 Å². The summed E-state index contributed by atoms with van der Waals surface area (Å²) >= 11 is 0. The molecule has 0 aliphatic heterocycles. The van der Waals surface area contributed by atoms with Crippen molar-refractivity contribution in [3.05, 3.63) is 33.9 Å². The minimum absolute atomic E-state index is 0.106. The molecule has 0 bridgehead atoms. The summed E-state index contributed by atoms with van der Waals surface area (Å²) in [6.45, 7) is 4.66. The number of nitro groups is 1. The smallest absolute Gasteiger partial charge is 0.282 e. The van der Waals surface area contributed by atoms with Crippen LogP contribution in [0.2, 0.25) is 0 Å². The predicted molar refractivity (Wildman–Crippen MR) is 80.4 cm³/mol. The standard InChI is InChI=1S/C15H22N2O4/c1-3-5-6-11(4-2)10-16-15(19)13-9-12(18)7-8-14(13)17(20)21/h7-9,11,18H,3-6,10H2,1-2H3,(H,16,19). The highest BCUT2D eigenvalue weighted by Crippen LogP contribution is 2.23. The fraction of sp³-hybridized carbons (Fsp3) is 0.533. The van der Waals surface area contributed by atoms with Gasteiger partial charge in [-0.15, -0.1) is 0 Å². The molecule has 116 valence electrons. The number of hydrogen-bond donors (Lipinski definition) is 2. The minimum Gasteiger partial charge on any atom is -0.508 e. The number of nitrogens with zero attached hydrogens (tertiary/aromatic N) is 1. The number of carbonyl (C=O) groups excluding carboxylic acids is 1. The molecule has 0 saturated carbocycles. The first-order chi connectivity index (χ1) is 9.99. The van der Waals surface area contributed by atoms with Crippen LogP contribution in [0.4, 0.5) is 5.69 Å². The average molecular weight is 294 g/mol. The molecule has 0 aromatic heterocycles. The molecule has 1 amide bonds. The van der Waals surface area contributed by atoms with Crippen molar-refractivity contribution in [2.45, 2.75) is 39.5 Å². The maximum Gasteiger partial charge on any atom is 0.282 e. The molecule has 0 aliphatic rings. The van der Waals surface area contributed by atoms with E-state index in [2.05, 4.69) is 19.2 Å². The summed E-state index contributed by atoms with van der Waals surface area (Å²) in [6, 6.07) is 3.46. The fourth-order valence-corrected chi connectivity index (χ4v) is 2.14. The van der Waals surface area contributed by atoms with Crippen LogP contribution in [0.15, 0.2) is 18.2 Å². The van der Waals surface area contributed by atoms with Crippen LogP contribution >= 0.6 is 0 Å². The van der Waals surface area contributed by atoms with Crippen LogP contribution < -0.4 is 5.32 Å². The van der Waals surface area contributed by atoms with Gasteiger partial charge in [0.1, 0.15) is 11.3 Å². The van der Waals surface area contributed by atoms with Crippen molar-refractivity contribution in [3.63, 3.8) is 0 Å². The summed E-state index contributed by atoms with van der Waals surface area (Å²) in [6.07, 6.45) is 4.17. The molecule has 0 fully saturated rings. The number of benzene rings is 1. The molecule has 0 radical (unpaired) electrons. The van der Waals surface area contributed by atoms with Crippen LogP contribution in [-0.4, -0.2) is 22.5 Å². The van der Waals surface area contributed by atoms with E-state index >= 15 is 0 Å². The second-order valence-corrected chi connectivity index (χ2v) is 5.09. The largest absolute Gasteiger partial charge is 0.508 e. The molecular weight excluding hydrogens is 272 g/mol. The quantitative estimate of drug-likeness (QED) is 0.568. The van der Waals surface area contributed by atoms with Gasteiger partial charge in [-0.2, -0.15) is 0 Å². The van der Waals surface area contributed by atoms with E-state index in [1.54, 1.807) is 0 Å². The third-order valence-corrected chi connectivity index (χ3v) is 3.52. The number of nitro benzene ring substituents is 1. The zero-order valence-electron chi connectivity index (χ0n) is 12.5.